The van der Waals surface area contributed by atoms with Crippen molar-refractivity contribution in [2.75, 3.05) is 5.73 Å². The summed E-state index contributed by atoms with van der Waals surface area (Å²) < 4.78 is 0. The van der Waals surface area contributed by atoms with Crippen LogP contribution in [0.2, 0.25) is 0 Å². The summed E-state index contributed by atoms with van der Waals surface area (Å²) in [6.45, 7) is 0.540. The first-order chi connectivity index (χ1) is 8.74. The van der Waals surface area contributed by atoms with Gasteiger partial charge in [0.05, 0.1) is 0 Å². The van der Waals surface area contributed by atoms with E-state index in [4.69, 9.17) is 5.73 Å². The SMILES string of the molecule is Nc1n[nH]c(CCC(=O)NCc2ccccc2)n1. The van der Waals surface area contributed by atoms with Gasteiger partial charge in [-0.1, -0.05) is 30.3 Å². The average Bonchev–Trinajstić information content (AvgIpc) is 2.81. The van der Waals surface area contributed by atoms with Gasteiger partial charge in [-0.25, -0.2) is 0 Å². The van der Waals surface area contributed by atoms with Gasteiger partial charge in [0.2, 0.25) is 11.9 Å². The van der Waals surface area contributed by atoms with E-state index >= 15 is 0 Å². The van der Waals surface area contributed by atoms with E-state index < -0.39 is 0 Å². The highest BCUT2D eigenvalue weighted by molar-refractivity contribution is 5.76. The summed E-state index contributed by atoms with van der Waals surface area (Å²) in [4.78, 5) is 15.5. The van der Waals surface area contributed by atoms with Gasteiger partial charge in [-0.2, -0.15) is 4.98 Å². The summed E-state index contributed by atoms with van der Waals surface area (Å²) in [5.41, 5.74) is 6.44. The highest BCUT2D eigenvalue weighted by atomic mass is 16.1. The largest absolute Gasteiger partial charge is 0.367 e. The van der Waals surface area contributed by atoms with E-state index in [1.807, 2.05) is 30.3 Å². The van der Waals surface area contributed by atoms with Crippen LogP contribution in [0.1, 0.15) is 17.8 Å². The summed E-state index contributed by atoms with van der Waals surface area (Å²) >= 11 is 0. The number of aromatic amines is 1. The number of H-pyrrole nitrogens is 1. The monoisotopic (exact) mass is 245 g/mol. The predicted molar refractivity (Wildman–Crippen MR) is 67.4 cm³/mol. The minimum absolute atomic E-state index is 0.0196. The van der Waals surface area contributed by atoms with Crippen molar-refractivity contribution in [3.05, 3.63) is 41.7 Å². The molecule has 0 atom stereocenters. The van der Waals surface area contributed by atoms with Crippen molar-refractivity contribution in [1.82, 2.24) is 20.5 Å². The van der Waals surface area contributed by atoms with E-state index in [0.717, 1.165) is 5.56 Å². The van der Waals surface area contributed by atoms with Gasteiger partial charge in [-0.05, 0) is 5.56 Å². The van der Waals surface area contributed by atoms with Gasteiger partial charge in [0.25, 0.3) is 0 Å². The Morgan fingerprint density at radius 1 is 1.33 bits per heavy atom. The van der Waals surface area contributed by atoms with E-state index in [0.29, 0.717) is 25.2 Å². The van der Waals surface area contributed by atoms with Crippen molar-refractivity contribution < 1.29 is 4.79 Å². The van der Waals surface area contributed by atoms with E-state index in [9.17, 15) is 4.79 Å². The van der Waals surface area contributed by atoms with E-state index in [-0.39, 0.29) is 11.9 Å². The number of benzene rings is 1. The number of aromatic nitrogens is 3. The molecule has 0 radical (unpaired) electrons. The number of nitrogen functional groups attached to an aromatic ring is 1. The third-order valence-corrected chi connectivity index (χ3v) is 2.47. The number of hydrogen-bond acceptors (Lipinski definition) is 4. The molecule has 6 heteroatoms. The molecular formula is C12H15N5O. The van der Waals surface area contributed by atoms with Gasteiger partial charge in [-0.3, -0.25) is 9.89 Å². The van der Waals surface area contributed by atoms with Crippen LogP contribution in [0, 0.1) is 0 Å². The lowest BCUT2D eigenvalue weighted by Gasteiger charge is -2.04. The molecule has 2 aromatic rings. The number of nitrogens with zero attached hydrogens (tertiary/aromatic N) is 2. The fourth-order valence-corrected chi connectivity index (χ4v) is 1.54. The standard InChI is InChI=1S/C12H15N5O/c13-12-15-10(16-17-12)6-7-11(18)14-8-9-4-2-1-3-5-9/h1-5H,6-8H2,(H,14,18)(H3,13,15,16,17). The van der Waals surface area contributed by atoms with Crippen LogP contribution in [0.5, 0.6) is 0 Å². The second kappa shape index (κ2) is 5.81. The Bertz CT molecular complexity index is 508. The molecule has 0 spiro atoms. The third-order valence-electron chi connectivity index (χ3n) is 2.47. The molecule has 0 saturated heterocycles. The summed E-state index contributed by atoms with van der Waals surface area (Å²) in [5, 5.41) is 9.21. The third kappa shape index (κ3) is 3.58. The molecule has 0 unspecified atom stereocenters. The smallest absolute Gasteiger partial charge is 0.239 e. The number of rotatable bonds is 5. The fourth-order valence-electron chi connectivity index (χ4n) is 1.54. The lowest BCUT2D eigenvalue weighted by atomic mass is 10.2. The molecule has 1 aromatic carbocycles. The minimum Gasteiger partial charge on any atom is -0.367 e. The second-order valence-electron chi connectivity index (χ2n) is 3.90. The van der Waals surface area contributed by atoms with Crippen LogP contribution in [-0.4, -0.2) is 21.1 Å². The van der Waals surface area contributed by atoms with Gasteiger partial charge in [-0.15, -0.1) is 5.10 Å². The Balaban J connectivity index is 1.73. The summed E-state index contributed by atoms with van der Waals surface area (Å²) in [6.07, 6.45) is 0.867. The molecule has 0 aliphatic carbocycles. The van der Waals surface area contributed by atoms with Crippen LogP contribution < -0.4 is 11.1 Å². The Morgan fingerprint density at radius 3 is 2.78 bits per heavy atom. The molecule has 4 N–H and O–H groups in total. The molecule has 0 aliphatic heterocycles. The molecule has 18 heavy (non-hydrogen) atoms. The lowest BCUT2D eigenvalue weighted by molar-refractivity contribution is -0.121. The summed E-state index contributed by atoms with van der Waals surface area (Å²) in [7, 11) is 0. The van der Waals surface area contributed by atoms with Crippen molar-refractivity contribution in [3.8, 4) is 0 Å². The molecule has 94 valence electrons. The average molecular weight is 245 g/mol. The van der Waals surface area contributed by atoms with Gasteiger partial charge in [0.15, 0.2) is 0 Å². The van der Waals surface area contributed by atoms with E-state index in [1.165, 1.54) is 0 Å². The Kier molecular flexibility index (Phi) is 3.90. The molecule has 1 amide bonds. The number of carbonyl (C=O) groups is 1. The first kappa shape index (κ1) is 12.1. The molecule has 0 aliphatic rings. The Labute approximate surface area is 105 Å². The molecule has 0 fully saturated rings. The predicted octanol–water partition coefficient (Wildman–Crippen LogP) is 0.636. The van der Waals surface area contributed by atoms with Crippen LogP contribution in [0.25, 0.3) is 0 Å². The van der Waals surface area contributed by atoms with Crippen molar-refractivity contribution in [2.24, 2.45) is 0 Å². The van der Waals surface area contributed by atoms with E-state index in [2.05, 4.69) is 20.5 Å². The number of anilines is 1. The van der Waals surface area contributed by atoms with Gasteiger partial charge >= 0.3 is 0 Å². The molecule has 0 saturated carbocycles. The van der Waals surface area contributed by atoms with Gasteiger partial charge in [0.1, 0.15) is 5.82 Å². The van der Waals surface area contributed by atoms with Crippen LogP contribution in [0.4, 0.5) is 5.95 Å². The first-order valence-corrected chi connectivity index (χ1v) is 5.71. The highest BCUT2D eigenvalue weighted by Crippen LogP contribution is 2.00. The van der Waals surface area contributed by atoms with Crippen molar-refractivity contribution in [2.45, 2.75) is 19.4 Å². The van der Waals surface area contributed by atoms with E-state index in [1.54, 1.807) is 0 Å². The maximum atomic E-state index is 11.6. The quantitative estimate of drug-likeness (QED) is 0.720. The molecule has 2 rings (SSSR count). The number of nitrogens with one attached hydrogen (secondary N) is 2. The summed E-state index contributed by atoms with van der Waals surface area (Å²) in [5.74, 6) is 0.811. The molecule has 1 aromatic heterocycles. The normalized spacial score (nSPS) is 10.2. The Hall–Kier alpha value is -2.37. The molecular weight excluding hydrogens is 230 g/mol. The lowest BCUT2D eigenvalue weighted by Crippen LogP contribution is -2.23. The van der Waals surface area contributed by atoms with Crippen molar-refractivity contribution in [1.29, 1.82) is 0 Å². The van der Waals surface area contributed by atoms with Crippen LogP contribution in [0.3, 0.4) is 0 Å². The van der Waals surface area contributed by atoms with Crippen LogP contribution in [-0.2, 0) is 17.8 Å². The Morgan fingerprint density at radius 2 is 2.11 bits per heavy atom. The molecule has 1 heterocycles. The van der Waals surface area contributed by atoms with Crippen molar-refractivity contribution in [3.63, 3.8) is 0 Å². The topological polar surface area (TPSA) is 96.7 Å². The van der Waals surface area contributed by atoms with Gasteiger partial charge in [0, 0.05) is 19.4 Å². The van der Waals surface area contributed by atoms with Crippen LogP contribution >= 0.6 is 0 Å². The summed E-state index contributed by atoms with van der Waals surface area (Å²) in [6, 6.07) is 9.77. The van der Waals surface area contributed by atoms with Gasteiger partial charge < -0.3 is 11.1 Å². The second-order valence-corrected chi connectivity index (χ2v) is 3.90. The maximum Gasteiger partial charge on any atom is 0.239 e. The number of aryl methyl sites for hydroxylation is 1. The van der Waals surface area contributed by atoms with Crippen molar-refractivity contribution >= 4 is 11.9 Å². The zero-order valence-electron chi connectivity index (χ0n) is 9.89. The zero-order chi connectivity index (χ0) is 12.8. The fraction of sp³-hybridized carbons (Fsp3) is 0.250. The zero-order valence-corrected chi connectivity index (χ0v) is 9.89. The number of nitrogens with two attached hydrogens (primary N) is 1. The number of carbonyl (C=O) groups excluding carboxylic acids is 1. The minimum atomic E-state index is -0.0196. The number of hydrogen-bond donors (Lipinski definition) is 3. The first-order valence-electron chi connectivity index (χ1n) is 5.71. The molecule has 0 bridgehead atoms. The maximum absolute atomic E-state index is 11.6. The van der Waals surface area contributed by atoms with Crippen LogP contribution in [0.15, 0.2) is 30.3 Å². The highest BCUT2D eigenvalue weighted by Gasteiger charge is 2.05. The molecule has 6 nitrogen and oxygen atoms in total. The number of amides is 1.